The molecule has 0 aromatic heterocycles. The van der Waals surface area contributed by atoms with Crippen LogP contribution in [0.15, 0.2) is 18.2 Å². The fraction of sp³-hybridized carbons (Fsp3) is 0.533. The maximum absolute atomic E-state index is 12.2. The Labute approximate surface area is 107 Å². The van der Waals surface area contributed by atoms with E-state index in [1.54, 1.807) is 6.07 Å². The van der Waals surface area contributed by atoms with Gasteiger partial charge in [-0.15, -0.1) is 0 Å². The Kier molecular flexibility index (Phi) is 2.77. The molecule has 2 bridgehead atoms. The van der Waals surface area contributed by atoms with Crippen molar-refractivity contribution in [2.24, 2.45) is 11.8 Å². The normalized spacial score (nSPS) is 29.5. The molecule has 1 aromatic carbocycles. The molecule has 2 saturated carbocycles. The van der Waals surface area contributed by atoms with E-state index in [1.807, 2.05) is 19.1 Å². The molecule has 0 aliphatic heterocycles. The zero-order valence-electron chi connectivity index (χ0n) is 10.6. The average molecular weight is 245 g/mol. The van der Waals surface area contributed by atoms with Gasteiger partial charge in [0.1, 0.15) is 5.75 Å². The van der Waals surface area contributed by atoms with Crippen molar-refractivity contribution >= 4 is 5.91 Å². The van der Waals surface area contributed by atoms with Gasteiger partial charge in [0, 0.05) is 6.04 Å². The fourth-order valence-corrected chi connectivity index (χ4v) is 3.51. The van der Waals surface area contributed by atoms with Gasteiger partial charge in [0.25, 0.3) is 5.91 Å². The molecule has 3 heteroatoms. The lowest BCUT2D eigenvalue weighted by Gasteiger charge is -2.23. The standard InChI is InChI=1S/C15H19NO2/c1-9-3-2-4-12(14(9)17)15(18)16-13-8-10-5-6-11(13)7-10/h2-4,10-11,13,17H,5-8H2,1H3,(H,16,18). The van der Waals surface area contributed by atoms with E-state index < -0.39 is 0 Å². The molecule has 3 atom stereocenters. The fourth-order valence-electron chi connectivity index (χ4n) is 3.51. The van der Waals surface area contributed by atoms with E-state index in [4.69, 9.17) is 0 Å². The summed E-state index contributed by atoms with van der Waals surface area (Å²) >= 11 is 0. The van der Waals surface area contributed by atoms with E-state index in [1.165, 1.54) is 19.3 Å². The van der Waals surface area contributed by atoms with Crippen LogP contribution in [-0.2, 0) is 0 Å². The largest absolute Gasteiger partial charge is 0.507 e. The minimum absolute atomic E-state index is 0.109. The average Bonchev–Trinajstić information content (AvgIpc) is 2.94. The van der Waals surface area contributed by atoms with Gasteiger partial charge in [-0.2, -0.15) is 0 Å². The van der Waals surface area contributed by atoms with E-state index in [0.717, 1.165) is 17.9 Å². The van der Waals surface area contributed by atoms with Crippen molar-refractivity contribution in [3.05, 3.63) is 29.3 Å². The molecule has 3 unspecified atom stereocenters. The van der Waals surface area contributed by atoms with Gasteiger partial charge < -0.3 is 10.4 Å². The first-order valence-electron chi connectivity index (χ1n) is 6.74. The highest BCUT2D eigenvalue weighted by molar-refractivity contribution is 5.97. The summed E-state index contributed by atoms with van der Waals surface area (Å²) in [5.74, 6) is 1.45. The second kappa shape index (κ2) is 4.30. The van der Waals surface area contributed by atoms with Crippen LogP contribution in [0.5, 0.6) is 5.75 Å². The molecule has 0 radical (unpaired) electrons. The van der Waals surface area contributed by atoms with Gasteiger partial charge in [0.05, 0.1) is 5.56 Å². The second-order valence-corrected chi connectivity index (χ2v) is 5.73. The Bertz CT molecular complexity index is 483. The summed E-state index contributed by atoms with van der Waals surface area (Å²) in [7, 11) is 0. The third-order valence-electron chi connectivity index (χ3n) is 4.54. The summed E-state index contributed by atoms with van der Waals surface area (Å²) in [6, 6.07) is 5.62. The summed E-state index contributed by atoms with van der Waals surface area (Å²) < 4.78 is 0. The van der Waals surface area contributed by atoms with Crippen LogP contribution < -0.4 is 5.32 Å². The van der Waals surface area contributed by atoms with Crippen molar-refractivity contribution in [3.8, 4) is 5.75 Å². The van der Waals surface area contributed by atoms with E-state index in [-0.39, 0.29) is 11.7 Å². The van der Waals surface area contributed by atoms with Crippen LogP contribution in [0.3, 0.4) is 0 Å². The third-order valence-corrected chi connectivity index (χ3v) is 4.54. The number of amides is 1. The summed E-state index contributed by atoms with van der Waals surface area (Å²) in [5, 5.41) is 13.0. The summed E-state index contributed by atoms with van der Waals surface area (Å²) in [6.45, 7) is 1.81. The number of fused-ring (bicyclic) bond motifs is 2. The first kappa shape index (κ1) is 11.6. The van der Waals surface area contributed by atoms with Crippen molar-refractivity contribution in [1.82, 2.24) is 5.32 Å². The number of hydrogen-bond acceptors (Lipinski definition) is 2. The Morgan fingerprint density at radius 3 is 2.83 bits per heavy atom. The van der Waals surface area contributed by atoms with Gasteiger partial charge >= 0.3 is 0 Å². The second-order valence-electron chi connectivity index (χ2n) is 5.73. The first-order valence-corrected chi connectivity index (χ1v) is 6.74. The molecule has 1 amide bonds. The summed E-state index contributed by atoms with van der Waals surface area (Å²) in [4.78, 5) is 12.2. The quantitative estimate of drug-likeness (QED) is 0.841. The molecule has 0 heterocycles. The van der Waals surface area contributed by atoms with Crippen molar-refractivity contribution < 1.29 is 9.90 Å². The van der Waals surface area contributed by atoms with Crippen LogP contribution in [0, 0.1) is 18.8 Å². The highest BCUT2D eigenvalue weighted by atomic mass is 16.3. The van der Waals surface area contributed by atoms with Crippen LogP contribution >= 0.6 is 0 Å². The molecular formula is C15H19NO2. The maximum Gasteiger partial charge on any atom is 0.255 e. The Morgan fingerprint density at radius 2 is 2.17 bits per heavy atom. The SMILES string of the molecule is Cc1cccc(C(=O)NC2CC3CCC2C3)c1O. The van der Waals surface area contributed by atoms with Gasteiger partial charge in [-0.1, -0.05) is 18.6 Å². The van der Waals surface area contributed by atoms with Crippen LogP contribution in [0.2, 0.25) is 0 Å². The number of aryl methyl sites for hydroxylation is 1. The Hall–Kier alpha value is -1.51. The molecule has 0 spiro atoms. The maximum atomic E-state index is 12.2. The number of hydrogen-bond donors (Lipinski definition) is 2. The Morgan fingerprint density at radius 1 is 1.33 bits per heavy atom. The van der Waals surface area contributed by atoms with E-state index in [9.17, 15) is 9.90 Å². The number of phenolic OH excluding ortho intramolecular Hbond substituents is 1. The molecule has 18 heavy (non-hydrogen) atoms. The number of carbonyl (C=O) groups excluding carboxylic acids is 1. The summed E-state index contributed by atoms with van der Waals surface area (Å²) in [6.07, 6.45) is 4.95. The molecule has 3 nitrogen and oxygen atoms in total. The van der Waals surface area contributed by atoms with Crippen LogP contribution in [-0.4, -0.2) is 17.1 Å². The van der Waals surface area contributed by atoms with Crippen molar-refractivity contribution in [2.45, 2.75) is 38.6 Å². The number of aromatic hydroxyl groups is 1. The predicted molar refractivity (Wildman–Crippen MR) is 69.5 cm³/mol. The highest BCUT2D eigenvalue weighted by Gasteiger charge is 2.40. The molecule has 0 saturated heterocycles. The molecule has 3 rings (SSSR count). The molecule has 2 fully saturated rings. The predicted octanol–water partition coefficient (Wildman–Crippen LogP) is 2.62. The van der Waals surface area contributed by atoms with Crippen LogP contribution in [0.4, 0.5) is 0 Å². The summed E-state index contributed by atoms with van der Waals surface area (Å²) in [5.41, 5.74) is 1.15. The van der Waals surface area contributed by atoms with E-state index in [0.29, 0.717) is 17.5 Å². The zero-order valence-corrected chi connectivity index (χ0v) is 10.6. The van der Waals surface area contributed by atoms with Gasteiger partial charge in [-0.3, -0.25) is 4.79 Å². The molecular weight excluding hydrogens is 226 g/mol. The lowest BCUT2D eigenvalue weighted by atomic mass is 9.95. The molecule has 96 valence electrons. The number of phenols is 1. The van der Waals surface area contributed by atoms with E-state index >= 15 is 0 Å². The van der Waals surface area contributed by atoms with Crippen molar-refractivity contribution in [3.63, 3.8) is 0 Å². The molecule has 2 aliphatic rings. The molecule has 1 aromatic rings. The highest BCUT2D eigenvalue weighted by Crippen LogP contribution is 2.44. The number of benzene rings is 1. The minimum atomic E-state index is -0.131. The van der Waals surface area contributed by atoms with Crippen LogP contribution in [0.25, 0.3) is 0 Å². The van der Waals surface area contributed by atoms with Crippen LogP contribution in [0.1, 0.15) is 41.6 Å². The minimum Gasteiger partial charge on any atom is -0.507 e. The Balaban J connectivity index is 1.73. The zero-order chi connectivity index (χ0) is 12.7. The smallest absolute Gasteiger partial charge is 0.255 e. The number of carbonyl (C=O) groups is 1. The number of para-hydroxylation sites is 1. The van der Waals surface area contributed by atoms with Gasteiger partial charge in [-0.25, -0.2) is 0 Å². The lowest BCUT2D eigenvalue weighted by Crippen LogP contribution is -2.38. The number of nitrogens with one attached hydrogen (secondary N) is 1. The first-order chi connectivity index (χ1) is 8.65. The molecule has 2 N–H and O–H groups in total. The third kappa shape index (κ3) is 1.88. The van der Waals surface area contributed by atoms with Gasteiger partial charge in [0.2, 0.25) is 0 Å². The van der Waals surface area contributed by atoms with E-state index in [2.05, 4.69) is 5.32 Å². The van der Waals surface area contributed by atoms with Gasteiger partial charge in [-0.05, 0) is 49.7 Å². The topological polar surface area (TPSA) is 49.3 Å². The van der Waals surface area contributed by atoms with Crippen molar-refractivity contribution in [1.29, 1.82) is 0 Å². The lowest BCUT2D eigenvalue weighted by molar-refractivity contribution is 0.0920. The molecule has 2 aliphatic carbocycles. The van der Waals surface area contributed by atoms with Crippen molar-refractivity contribution in [2.75, 3.05) is 0 Å². The number of rotatable bonds is 2. The monoisotopic (exact) mass is 245 g/mol. The van der Waals surface area contributed by atoms with Gasteiger partial charge in [0.15, 0.2) is 0 Å².